The Balaban J connectivity index is 2.14. The quantitative estimate of drug-likeness (QED) is 0.380. The van der Waals surface area contributed by atoms with E-state index in [1.165, 1.54) is 6.07 Å². The molecule has 0 bridgehead atoms. The van der Waals surface area contributed by atoms with Crippen molar-refractivity contribution in [3.63, 3.8) is 0 Å². The number of thiophene rings is 1. The molecule has 2 N–H and O–H groups in total. The van der Waals surface area contributed by atoms with Gasteiger partial charge < -0.3 is 9.72 Å². The number of sulfonamides is 1. The Morgan fingerprint density at radius 1 is 1.21 bits per heavy atom. The second-order valence-electron chi connectivity index (χ2n) is 5.53. The minimum Gasteiger partial charge on any atom is -0.464 e. The SMILES string of the molecule is COC(=O)c1[nH]c2sc(Br)cc2c1S(=O)(=O)Nc1cc(F)c(C(F)(F)F)cc1F. The number of carbonyl (C=O) groups is 1. The van der Waals surface area contributed by atoms with Crippen LogP contribution in [0.2, 0.25) is 0 Å². The normalized spacial score (nSPS) is 12.4. The lowest BCUT2D eigenvalue weighted by atomic mass is 10.2. The first-order valence-electron chi connectivity index (χ1n) is 7.33. The van der Waals surface area contributed by atoms with Crippen LogP contribution in [0.5, 0.6) is 0 Å². The van der Waals surface area contributed by atoms with Crippen molar-refractivity contribution in [1.29, 1.82) is 0 Å². The molecule has 0 amide bonds. The van der Waals surface area contributed by atoms with Crippen molar-refractivity contribution in [3.8, 4) is 0 Å². The van der Waals surface area contributed by atoms with Gasteiger partial charge in [0.2, 0.25) is 0 Å². The van der Waals surface area contributed by atoms with Crippen LogP contribution in [0, 0.1) is 11.6 Å². The number of methoxy groups -OCH3 is 1. The third kappa shape index (κ3) is 3.96. The van der Waals surface area contributed by atoms with Crippen LogP contribution in [-0.2, 0) is 20.9 Å². The van der Waals surface area contributed by atoms with Gasteiger partial charge >= 0.3 is 12.1 Å². The van der Waals surface area contributed by atoms with Crippen LogP contribution in [0.4, 0.5) is 27.6 Å². The van der Waals surface area contributed by atoms with Crippen molar-refractivity contribution in [3.05, 3.63) is 44.9 Å². The van der Waals surface area contributed by atoms with Crippen LogP contribution in [0.15, 0.2) is 26.9 Å². The lowest BCUT2D eigenvalue weighted by Crippen LogP contribution is -2.18. The highest BCUT2D eigenvalue weighted by Gasteiger charge is 2.36. The summed E-state index contributed by atoms with van der Waals surface area (Å²) in [5.41, 5.74) is -3.43. The molecule has 0 aliphatic carbocycles. The van der Waals surface area contributed by atoms with E-state index >= 15 is 0 Å². The van der Waals surface area contributed by atoms with E-state index in [1.807, 2.05) is 0 Å². The summed E-state index contributed by atoms with van der Waals surface area (Å²) in [6.07, 6.45) is -5.17. The minimum atomic E-state index is -5.17. The van der Waals surface area contributed by atoms with E-state index < -0.39 is 55.6 Å². The number of H-pyrrole nitrogens is 1. The van der Waals surface area contributed by atoms with Crippen LogP contribution in [0.25, 0.3) is 10.2 Å². The number of fused-ring (bicyclic) bond motifs is 1. The minimum absolute atomic E-state index is 0.0440. The zero-order valence-corrected chi connectivity index (χ0v) is 17.2. The summed E-state index contributed by atoms with van der Waals surface area (Å²) >= 11 is 4.20. The average Bonchev–Trinajstić information content (AvgIpc) is 3.11. The topological polar surface area (TPSA) is 88.3 Å². The number of aromatic amines is 1. The molecule has 2 heterocycles. The lowest BCUT2D eigenvalue weighted by molar-refractivity contribution is -0.140. The molecule has 3 rings (SSSR count). The standard InChI is InChI=1S/C15H8BrF5N2O4S2/c1-27-14(24)11-12(5-2-10(16)28-13(5)22-11)29(25,26)23-9-4-7(17)6(3-8(9)18)15(19,20)21/h2-4,22-23H,1H3. The van der Waals surface area contributed by atoms with Gasteiger partial charge in [-0.25, -0.2) is 22.0 Å². The van der Waals surface area contributed by atoms with E-state index in [1.54, 1.807) is 4.72 Å². The van der Waals surface area contributed by atoms with Crippen LogP contribution >= 0.6 is 27.3 Å². The number of hydrogen-bond donors (Lipinski definition) is 2. The van der Waals surface area contributed by atoms with Crippen molar-refractivity contribution >= 4 is 59.2 Å². The molecule has 0 aliphatic rings. The maximum absolute atomic E-state index is 14.1. The fourth-order valence-electron chi connectivity index (χ4n) is 2.49. The summed E-state index contributed by atoms with van der Waals surface area (Å²) in [4.78, 5) is 14.1. The van der Waals surface area contributed by atoms with Crippen LogP contribution in [0.3, 0.4) is 0 Å². The van der Waals surface area contributed by atoms with Gasteiger partial charge in [-0.1, -0.05) is 0 Å². The van der Waals surface area contributed by atoms with E-state index in [0.717, 1.165) is 18.4 Å². The van der Waals surface area contributed by atoms with Crippen molar-refractivity contribution in [2.75, 3.05) is 11.8 Å². The van der Waals surface area contributed by atoms with Gasteiger partial charge in [-0.3, -0.25) is 4.72 Å². The summed E-state index contributed by atoms with van der Waals surface area (Å²) in [6, 6.07) is 1.27. The summed E-state index contributed by atoms with van der Waals surface area (Å²) in [5.74, 6) is -4.58. The predicted molar refractivity (Wildman–Crippen MR) is 97.4 cm³/mol. The Morgan fingerprint density at radius 2 is 1.86 bits per heavy atom. The van der Waals surface area contributed by atoms with Crippen LogP contribution in [-0.4, -0.2) is 26.5 Å². The molecule has 0 unspecified atom stereocenters. The first-order valence-corrected chi connectivity index (χ1v) is 10.4. The van der Waals surface area contributed by atoms with Crippen molar-refractivity contribution in [1.82, 2.24) is 4.98 Å². The number of benzene rings is 1. The maximum atomic E-state index is 14.1. The van der Waals surface area contributed by atoms with Gasteiger partial charge in [0.1, 0.15) is 27.1 Å². The summed E-state index contributed by atoms with van der Waals surface area (Å²) in [6.45, 7) is 0. The van der Waals surface area contributed by atoms with Gasteiger partial charge in [0.15, 0.2) is 0 Å². The molecule has 6 nitrogen and oxygen atoms in total. The van der Waals surface area contributed by atoms with Crippen LogP contribution in [0.1, 0.15) is 16.1 Å². The van der Waals surface area contributed by atoms with Gasteiger partial charge in [-0.2, -0.15) is 13.2 Å². The number of aromatic nitrogens is 1. The fourth-order valence-corrected chi connectivity index (χ4v) is 5.47. The van der Waals surface area contributed by atoms with E-state index in [2.05, 4.69) is 25.7 Å². The molecule has 29 heavy (non-hydrogen) atoms. The maximum Gasteiger partial charge on any atom is 0.419 e. The number of hydrogen-bond acceptors (Lipinski definition) is 5. The molecule has 0 saturated heterocycles. The number of nitrogens with one attached hydrogen (secondary N) is 2. The molecule has 1 aromatic carbocycles. The Bertz CT molecular complexity index is 1230. The molecular weight excluding hydrogens is 511 g/mol. The third-order valence-corrected chi connectivity index (χ3v) is 6.68. The fraction of sp³-hybridized carbons (Fsp3) is 0.133. The molecule has 2 aromatic heterocycles. The zero-order chi connectivity index (χ0) is 21.7. The number of alkyl halides is 3. The van der Waals surface area contributed by atoms with E-state index in [9.17, 15) is 35.2 Å². The zero-order valence-electron chi connectivity index (χ0n) is 13.9. The van der Waals surface area contributed by atoms with Gasteiger partial charge in [0.05, 0.1) is 22.1 Å². The molecule has 0 spiro atoms. The monoisotopic (exact) mass is 518 g/mol. The molecule has 14 heteroatoms. The van der Waals surface area contributed by atoms with Crippen LogP contribution < -0.4 is 4.72 Å². The first kappa shape index (κ1) is 21.5. The molecule has 156 valence electrons. The molecule has 0 fully saturated rings. The molecule has 0 saturated carbocycles. The Kier molecular flexibility index (Phi) is 5.38. The second kappa shape index (κ2) is 7.25. The summed E-state index contributed by atoms with van der Waals surface area (Å²) in [5, 5.41) is 0.0440. The number of esters is 1. The number of carbonyl (C=O) groups excluding carboxylic acids is 1. The van der Waals surface area contributed by atoms with Crippen molar-refractivity contribution in [2.45, 2.75) is 11.1 Å². The van der Waals surface area contributed by atoms with Gasteiger partial charge in [-0.05, 0) is 28.1 Å². The van der Waals surface area contributed by atoms with Gasteiger partial charge in [0, 0.05) is 11.5 Å². The predicted octanol–water partition coefficient (Wildman–Crippen LogP) is 4.88. The first-order chi connectivity index (χ1) is 13.3. The summed E-state index contributed by atoms with van der Waals surface area (Å²) in [7, 11) is -3.74. The third-order valence-electron chi connectivity index (χ3n) is 3.68. The Labute approximate surface area is 171 Å². The molecule has 0 atom stereocenters. The molecule has 3 aromatic rings. The molecule has 0 aliphatic heterocycles. The highest BCUT2D eigenvalue weighted by molar-refractivity contribution is 9.11. The lowest BCUT2D eigenvalue weighted by Gasteiger charge is -2.13. The number of anilines is 1. The van der Waals surface area contributed by atoms with E-state index in [0.29, 0.717) is 3.79 Å². The van der Waals surface area contributed by atoms with E-state index in [4.69, 9.17) is 0 Å². The largest absolute Gasteiger partial charge is 0.464 e. The average molecular weight is 519 g/mol. The number of rotatable bonds is 4. The number of ether oxygens (including phenoxy) is 1. The van der Waals surface area contributed by atoms with Gasteiger partial charge in [-0.15, -0.1) is 11.3 Å². The smallest absolute Gasteiger partial charge is 0.419 e. The van der Waals surface area contributed by atoms with Crippen molar-refractivity contribution in [2.24, 2.45) is 0 Å². The molecular formula is C15H8BrF5N2O4S2. The molecule has 0 radical (unpaired) electrons. The Morgan fingerprint density at radius 3 is 2.45 bits per heavy atom. The Hall–Kier alpha value is -2.19. The number of halogens is 6. The van der Waals surface area contributed by atoms with E-state index in [-0.39, 0.29) is 22.3 Å². The highest BCUT2D eigenvalue weighted by atomic mass is 79.9. The summed E-state index contributed by atoms with van der Waals surface area (Å²) < 4.78 is 98.2. The van der Waals surface area contributed by atoms with Gasteiger partial charge in [0.25, 0.3) is 10.0 Å². The van der Waals surface area contributed by atoms with Crippen molar-refractivity contribution < 1.29 is 39.9 Å². The second-order valence-corrected chi connectivity index (χ2v) is 9.58. The highest BCUT2D eigenvalue weighted by Crippen LogP contribution is 2.38.